The second kappa shape index (κ2) is 8.13. The van der Waals surface area contributed by atoms with E-state index in [2.05, 4.69) is 25.4 Å². The smallest absolute Gasteiger partial charge is 0.234 e. The number of aromatic nitrogens is 2. The van der Waals surface area contributed by atoms with Crippen molar-refractivity contribution in [2.24, 2.45) is 4.40 Å². The molecule has 0 aliphatic rings. The number of halogens is 2. The van der Waals surface area contributed by atoms with Gasteiger partial charge in [0.2, 0.25) is 0 Å². The highest BCUT2D eigenvalue weighted by Crippen LogP contribution is 2.24. The predicted octanol–water partition coefficient (Wildman–Crippen LogP) is 3.05. The monoisotopic (exact) mass is 492 g/mol. The van der Waals surface area contributed by atoms with Crippen LogP contribution in [0.3, 0.4) is 0 Å². The number of nitrogens with zero attached hydrogens (tertiary/aromatic N) is 4. The molecule has 1 aromatic carbocycles. The quantitative estimate of drug-likeness (QED) is 0.600. The van der Waals surface area contributed by atoms with Crippen molar-refractivity contribution in [2.45, 2.75) is 32.4 Å². The van der Waals surface area contributed by atoms with Crippen LogP contribution >= 0.6 is 15.9 Å². The fourth-order valence-corrected chi connectivity index (χ4v) is 4.02. The van der Waals surface area contributed by atoms with Gasteiger partial charge in [-0.1, -0.05) is 15.9 Å². The molecule has 0 saturated carbocycles. The molecule has 1 heterocycles. The van der Waals surface area contributed by atoms with E-state index in [9.17, 15) is 17.0 Å². The van der Waals surface area contributed by atoms with Crippen LogP contribution in [-0.4, -0.2) is 50.7 Å². The minimum Gasteiger partial charge on any atom is -0.234 e. The highest BCUT2D eigenvalue weighted by molar-refractivity contribution is 9.10. The summed E-state index contributed by atoms with van der Waals surface area (Å²) in [5.41, 5.74) is 0.381. The topological polar surface area (TPSA) is 84.6 Å². The van der Waals surface area contributed by atoms with Crippen molar-refractivity contribution in [2.75, 3.05) is 14.1 Å². The Kier molecular flexibility index (Phi) is 6.64. The molecule has 2 rings (SSSR count). The average molecular weight is 493 g/mol. The molecule has 1 unspecified atom stereocenters. The Bertz CT molecular complexity index is 1060. The Morgan fingerprint density at radius 2 is 1.89 bits per heavy atom. The third kappa shape index (κ3) is 4.76. The number of hydrogen-bond donors (Lipinski definition) is 0. The van der Waals surface area contributed by atoms with E-state index in [1.165, 1.54) is 38.4 Å². The summed E-state index contributed by atoms with van der Waals surface area (Å²) in [4.78, 5) is 0. The average Bonchev–Trinajstić information content (AvgIpc) is 2.96. The number of benzene rings is 1. The second-order valence-electron chi connectivity index (χ2n) is 7.23. The molecule has 0 aliphatic heterocycles. The standard InChI is InChI=1S/C17H22BrFN4O3S2/c1-11-9-15(23(20-11)28(25,26)22(5)6)16(21-27(24)17(2,3)4)13-10-12(18)7-8-14(13)19/h7-10H,1-6H3. The zero-order chi connectivity index (χ0) is 21.4. The predicted molar refractivity (Wildman–Crippen MR) is 113 cm³/mol. The van der Waals surface area contributed by atoms with Crippen molar-refractivity contribution in [3.8, 4) is 0 Å². The van der Waals surface area contributed by atoms with Gasteiger partial charge in [0.15, 0.2) is 0 Å². The van der Waals surface area contributed by atoms with Crippen LogP contribution in [0.4, 0.5) is 4.39 Å². The zero-order valence-electron chi connectivity index (χ0n) is 16.4. The Morgan fingerprint density at radius 1 is 1.29 bits per heavy atom. The van der Waals surface area contributed by atoms with E-state index in [1.807, 2.05) is 0 Å². The van der Waals surface area contributed by atoms with Crippen LogP contribution in [-0.2, 0) is 21.2 Å². The zero-order valence-corrected chi connectivity index (χ0v) is 19.6. The highest BCUT2D eigenvalue weighted by Gasteiger charge is 2.28. The SMILES string of the molecule is Cc1cc(C(=NS(=O)C(C)(C)C)c2cc(Br)ccc2F)n(S(=O)(=O)N(C)C)n1. The van der Waals surface area contributed by atoms with Gasteiger partial charge in [0, 0.05) is 24.1 Å². The second-order valence-corrected chi connectivity index (χ2v) is 12.0. The van der Waals surface area contributed by atoms with Gasteiger partial charge in [-0.05, 0) is 52.0 Å². The minimum atomic E-state index is -4.01. The largest absolute Gasteiger partial charge is 0.323 e. The summed E-state index contributed by atoms with van der Waals surface area (Å²) in [6.45, 7) is 6.78. The summed E-state index contributed by atoms with van der Waals surface area (Å²) < 4.78 is 58.7. The Hall–Kier alpha value is -1.43. The Balaban J connectivity index is 2.88. The van der Waals surface area contributed by atoms with Gasteiger partial charge >= 0.3 is 10.2 Å². The molecule has 0 saturated heterocycles. The van der Waals surface area contributed by atoms with Gasteiger partial charge in [0.05, 0.1) is 10.4 Å². The first-order valence-corrected chi connectivity index (χ1v) is 11.5. The fraction of sp³-hybridized carbons (Fsp3) is 0.412. The molecule has 0 radical (unpaired) electrons. The van der Waals surface area contributed by atoms with Crippen molar-refractivity contribution in [3.63, 3.8) is 0 Å². The number of hydrogen-bond acceptors (Lipinski definition) is 4. The maximum Gasteiger partial charge on any atom is 0.323 e. The van der Waals surface area contributed by atoms with E-state index in [1.54, 1.807) is 27.7 Å². The molecule has 28 heavy (non-hydrogen) atoms. The summed E-state index contributed by atoms with van der Waals surface area (Å²) in [5.74, 6) is -0.625. The molecular formula is C17H22BrFN4O3S2. The molecule has 154 valence electrons. The molecule has 11 heteroatoms. The van der Waals surface area contributed by atoms with E-state index < -0.39 is 31.8 Å². The van der Waals surface area contributed by atoms with Gasteiger partial charge < -0.3 is 0 Å². The maximum absolute atomic E-state index is 14.7. The lowest BCUT2D eigenvalue weighted by atomic mass is 10.1. The third-order valence-electron chi connectivity index (χ3n) is 3.60. The van der Waals surface area contributed by atoms with Crippen LogP contribution < -0.4 is 0 Å². The molecule has 0 fully saturated rings. The number of rotatable bonds is 5. The van der Waals surface area contributed by atoms with Crippen LogP contribution in [0.25, 0.3) is 0 Å². The first-order valence-electron chi connectivity index (χ1n) is 8.21. The molecule has 0 N–H and O–H groups in total. The first kappa shape index (κ1) is 22.9. The Labute approximate surface area is 175 Å². The lowest BCUT2D eigenvalue weighted by Gasteiger charge is -2.18. The van der Waals surface area contributed by atoms with Crippen LogP contribution in [0, 0.1) is 12.7 Å². The molecule has 0 bridgehead atoms. The van der Waals surface area contributed by atoms with Crippen molar-refractivity contribution in [1.29, 1.82) is 0 Å². The summed E-state index contributed by atoms with van der Waals surface area (Å²) in [6.07, 6.45) is 0. The van der Waals surface area contributed by atoms with Crippen molar-refractivity contribution < 1.29 is 17.0 Å². The van der Waals surface area contributed by atoms with Crippen LogP contribution in [0.1, 0.15) is 37.7 Å². The van der Waals surface area contributed by atoms with E-state index >= 15 is 0 Å². The number of aryl methyl sites for hydroxylation is 1. The first-order chi connectivity index (χ1) is 12.7. The van der Waals surface area contributed by atoms with E-state index in [4.69, 9.17) is 0 Å². The maximum atomic E-state index is 14.7. The lowest BCUT2D eigenvalue weighted by Crippen LogP contribution is -2.32. The Morgan fingerprint density at radius 3 is 2.43 bits per heavy atom. The molecule has 2 aromatic rings. The normalized spacial score (nSPS) is 14.5. The van der Waals surface area contributed by atoms with Crippen LogP contribution in [0.15, 0.2) is 33.1 Å². The molecule has 7 nitrogen and oxygen atoms in total. The lowest BCUT2D eigenvalue weighted by molar-refractivity contribution is 0.503. The van der Waals surface area contributed by atoms with Crippen molar-refractivity contribution >= 4 is 42.8 Å². The van der Waals surface area contributed by atoms with Crippen molar-refractivity contribution in [3.05, 3.63) is 51.5 Å². The molecular weight excluding hydrogens is 471 g/mol. The summed E-state index contributed by atoms with van der Waals surface area (Å²) >= 11 is 3.28. The van der Waals surface area contributed by atoms with Crippen molar-refractivity contribution in [1.82, 2.24) is 13.5 Å². The van der Waals surface area contributed by atoms with E-state index in [0.29, 0.717) is 10.2 Å². The molecule has 1 atom stereocenters. The van der Waals surface area contributed by atoms with Gasteiger partial charge in [0.25, 0.3) is 0 Å². The minimum absolute atomic E-state index is 0.0158. The molecule has 1 aromatic heterocycles. The van der Waals surface area contributed by atoms with Gasteiger partial charge in [0.1, 0.15) is 28.2 Å². The highest BCUT2D eigenvalue weighted by atomic mass is 79.9. The molecule has 0 amide bonds. The van der Waals surface area contributed by atoms with Gasteiger partial charge in [-0.25, -0.2) is 8.60 Å². The van der Waals surface area contributed by atoms with Crippen LogP contribution in [0.2, 0.25) is 0 Å². The third-order valence-corrected chi connectivity index (χ3v) is 7.13. The summed E-state index contributed by atoms with van der Waals surface area (Å²) in [7, 11) is -3.05. The van der Waals surface area contributed by atoms with Gasteiger partial charge in [-0.2, -0.15) is 22.2 Å². The van der Waals surface area contributed by atoms with Crippen LogP contribution in [0.5, 0.6) is 0 Å². The van der Waals surface area contributed by atoms with Gasteiger partial charge in [-0.3, -0.25) is 0 Å². The molecule has 0 spiro atoms. The van der Waals surface area contributed by atoms with Gasteiger partial charge in [-0.15, -0.1) is 4.09 Å². The summed E-state index contributed by atoms with van der Waals surface area (Å²) in [5, 5.41) is 4.04. The van der Waals surface area contributed by atoms with E-state index in [-0.39, 0.29) is 17.0 Å². The fourth-order valence-electron chi connectivity index (χ4n) is 2.10. The van der Waals surface area contributed by atoms with E-state index in [0.717, 1.165) is 8.39 Å². The summed E-state index contributed by atoms with van der Waals surface area (Å²) in [6, 6.07) is 5.67. The molecule has 0 aliphatic carbocycles.